The number of aryl methyl sites for hydroxylation is 1. The van der Waals surface area contributed by atoms with E-state index < -0.39 is 0 Å². The van der Waals surface area contributed by atoms with E-state index in [-0.39, 0.29) is 0 Å². The van der Waals surface area contributed by atoms with Crippen molar-refractivity contribution in [2.45, 2.75) is 13.2 Å². The molecular formula is C16H17N9O. The summed E-state index contributed by atoms with van der Waals surface area (Å²) in [6, 6.07) is 3.72. The third kappa shape index (κ3) is 3.09. The first kappa shape index (κ1) is 16.1. The van der Waals surface area contributed by atoms with Gasteiger partial charge in [0.05, 0.1) is 18.1 Å². The van der Waals surface area contributed by atoms with Crippen molar-refractivity contribution in [2.75, 3.05) is 12.4 Å². The van der Waals surface area contributed by atoms with Gasteiger partial charge in [-0.05, 0) is 12.1 Å². The second-order valence-electron chi connectivity index (χ2n) is 5.62. The Hall–Kier alpha value is -3.40. The molecule has 0 bridgehead atoms. The Labute approximate surface area is 148 Å². The van der Waals surface area contributed by atoms with Crippen molar-refractivity contribution in [3.63, 3.8) is 0 Å². The van der Waals surface area contributed by atoms with Crippen LogP contribution in [0.3, 0.4) is 0 Å². The van der Waals surface area contributed by atoms with Crippen LogP contribution in [-0.2, 0) is 24.9 Å². The number of aromatic amines is 1. The molecule has 0 aliphatic carbocycles. The van der Waals surface area contributed by atoms with Gasteiger partial charge in [0.25, 0.3) is 0 Å². The Morgan fingerprint density at radius 2 is 2.04 bits per heavy atom. The first-order valence-electron chi connectivity index (χ1n) is 7.97. The third-order valence-electron chi connectivity index (χ3n) is 3.81. The van der Waals surface area contributed by atoms with Gasteiger partial charge in [-0.25, -0.2) is 15.0 Å². The summed E-state index contributed by atoms with van der Waals surface area (Å²) in [6.07, 6.45) is 5.15. The molecule has 4 heterocycles. The van der Waals surface area contributed by atoms with Crippen LogP contribution in [0, 0.1) is 0 Å². The van der Waals surface area contributed by atoms with Crippen molar-refractivity contribution in [3.05, 3.63) is 42.4 Å². The number of rotatable bonds is 6. The summed E-state index contributed by atoms with van der Waals surface area (Å²) in [5.74, 6) is 2.58. The number of hydrogen-bond acceptors (Lipinski definition) is 8. The fourth-order valence-electron chi connectivity index (χ4n) is 2.57. The Bertz CT molecular complexity index is 1020. The quantitative estimate of drug-likeness (QED) is 0.533. The highest BCUT2D eigenvalue weighted by atomic mass is 16.5. The van der Waals surface area contributed by atoms with Crippen LogP contribution in [0.4, 0.5) is 5.82 Å². The van der Waals surface area contributed by atoms with E-state index >= 15 is 0 Å². The summed E-state index contributed by atoms with van der Waals surface area (Å²) >= 11 is 0. The summed E-state index contributed by atoms with van der Waals surface area (Å²) in [7, 11) is 3.45. The predicted molar refractivity (Wildman–Crippen MR) is 94.0 cm³/mol. The molecule has 4 aromatic heterocycles. The molecule has 0 aliphatic rings. The molecule has 132 valence electrons. The van der Waals surface area contributed by atoms with Crippen LogP contribution in [0.2, 0.25) is 0 Å². The van der Waals surface area contributed by atoms with Gasteiger partial charge in [-0.15, -0.1) is 0 Å². The lowest BCUT2D eigenvalue weighted by Gasteiger charge is -2.07. The largest absolute Gasteiger partial charge is 0.377 e. The van der Waals surface area contributed by atoms with Gasteiger partial charge < -0.3 is 10.1 Å². The van der Waals surface area contributed by atoms with E-state index in [9.17, 15) is 0 Å². The molecule has 10 nitrogen and oxygen atoms in total. The van der Waals surface area contributed by atoms with Gasteiger partial charge in [-0.3, -0.25) is 14.8 Å². The molecule has 4 aromatic rings. The molecule has 10 heteroatoms. The molecule has 0 saturated heterocycles. The molecule has 0 unspecified atom stereocenters. The number of pyridine rings is 1. The second-order valence-corrected chi connectivity index (χ2v) is 5.62. The van der Waals surface area contributed by atoms with E-state index in [0.717, 1.165) is 16.6 Å². The first-order valence-corrected chi connectivity index (χ1v) is 7.97. The number of H-pyrrole nitrogens is 1. The molecule has 2 N–H and O–H groups in total. The Kier molecular flexibility index (Phi) is 4.23. The number of fused-ring (bicyclic) bond motifs is 1. The van der Waals surface area contributed by atoms with Crippen LogP contribution in [-0.4, -0.2) is 47.0 Å². The van der Waals surface area contributed by atoms with E-state index in [0.29, 0.717) is 36.4 Å². The number of nitrogens with zero attached hydrogens (tertiary/aromatic N) is 7. The number of anilines is 1. The van der Waals surface area contributed by atoms with E-state index in [2.05, 4.69) is 40.5 Å². The predicted octanol–water partition coefficient (Wildman–Crippen LogP) is 1.30. The summed E-state index contributed by atoms with van der Waals surface area (Å²) in [5.41, 5.74) is 1.64. The van der Waals surface area contributed by atoms with Crippen LogP contribution in [0.1, 0.15) is 11.6 Å². The average molecular weight is 351 g/mol. The van der Waals surface area contributed by atoms with Gasteiger partial charge >= 0.3 is 0 Å². The van der Waals surface area contributed by atoms with E-state index in [1.54, 1.807) is 30.4 Å². The van der Waals surface area contributed by atoms with Crippen LogP contribution >= 0.6 is 0 Å². The van der Waals surface area contributed by atoms with Crippen molar-refractivity contribution in [1.29, 1.82) is 0 Å². The standard InChI is InChI=1S/C16H17N9O/c1-25-16-11(7-19-25)15(21-13(22-16)9-26-2)18-8-12-20-14(24-23-12)10-3-5-17-6-4-10/h3-7H,8-9H2,1-2H3,(H,18,21,22)(H,20,23,24). The lowest BCUT2D eigenvalue weighted by Crippen LogP contribution is -2.07. The lowest BCUT2D eigenvalue weighted by atomic mass is 10.2. The Morgan fingerprint density at radius 1 is 1.19 bits per heavy atom. The van der Waals surface area contributed by atoms with Gasteiger partial charge in [0.15, 0.2) is 17.3 Å². The minimum absolute atomic E-state index is 0.324. The van der Waals surface area contributed by atoms with Crippen LogP contribution in [0.25, 0.3) is 22.4 Å². The molecule has 4 rings (SSSR count). The fourth-order valence-corrected chi connectivity index (χ4v) is 2.57. The summed E-state index contributed by atoms with van der Waals surface area (Å²) < 4.78 is 6.85. The smallest absolute Gasteiger partial charge is 0.181 e. The fraction of sp³-hybridized carbons (Fsp3) is 0.250. The monoisotopic (exact) mass is 351 g/mol. The molecule has 0 aliphatic heterocycles. The lowest BCUT2D eigenvalue weighted by molar-refractivity contribution is 0.178. The Morgan fingerprint density at radius 3 is 2.85 bits per heavy atom. The highest BCUT2D eigenvalue weighted by molar-refractivity contribution is 5.86. The minimum atomic E-state index is 0.324. The molecule has 0 radical (unpaired) electrons. The highest BCUT2D eigenvalue weighted by Crippen LogP contribution is 2.20. The normalized spacial score (nSPS) is 11.2. The van der Waals surface area contributed by atoms with Crippen molar-refractivity contribution < 1.29 is 4.74 Å². The van der Waals surface area contributed by atoms with Crippen molar-refractivity contribution in [2.24, 2.45) is 7.05 Å². The SMILES string of the molecule is COCc1nc(NCc2nc(-c3ccncc3)n[nH]2)c2cnn(C)c2n1. The molecule has 0 atom stereocenters. The van der Waals surface area contributed by atoms with Crippen LogP contribution in [0.15, 0.2) is 30.7 Å². The van der Waals surface area contributed by atoms with Gasteiger partial charge in [0.1, 0.15) is 18.2 Å². The third-order valence-corrected chi connectivity index (χ3v) is 3.81. The van der Waals surface area contributed by atoms with Gasteiger partial charge in [-0.2, -0.15) is 10.2 Å². The van der Waals surface area contributed by atoms with Crippen molar-refractivity contribution in [1.82, 2.24) is 39.9 Å². The summed E-state index contributed by atoms with van der Waals surface area (Å²) in [5, 5.41) is 15.5. The zero-order valence-electron chi connectivity index (χ0n) is 14.3. The van der Waals surface area contributed by atoms with E-state index in [1.807, 2.05) is 19.2 Å². The maximum atomic E-state index is 5.15. The molecule has 26 heavy (non-hydrogen) atoms. The highest BCUT2D eigenvalue weighted by Gasteiger charge is 2.12. The molecule has 0 spiro atoms. The summed E-state index contributed by atoms with van der Waals surface area (Å²) in [6.45, 7) is 0.760. The zero-order chi connectivity index (χ0) is 17.9. The number of aromatic nitrogens is 8. The maximum absolute atomic E-state index is 5.15. The number of nitrogens with one attached hydrogen (secondary N) is 2. The second kappa shape index (κ2) is 6.84. The van der Waals surface area contributed by atoms with Crippen molar-refractivity contribution in [3.8, 4) is 11.4 Å². The molecule has 0 aromatic carbocycles. The Balaban J connectivity index is 1.57. The molecule has 0 amide bonds. The van der Waals surface area contributed by atoms with Crippen molar-refractivity contribution >= 4 is 16.9 Å². The molecule has 0 fully saturated rings. The number of methoxy groups -OCH3 is 1. The zero-order valence-corrected chi connectivity index (χ0v) is 14.3. The number of ether oxygens (including phenoxy) is 1. The maximum Gasteiger partial charge on any atom is 0.181 e. The first-order chi connectivity index (χ1) is 12.7. The molecule has 0 saturated carbocycles. The van der Waals surface area contributed by atoms with E-state index in [4.69, 9.17) is 4.74 Å². The minimum Gasteiger partial charge on any atom is -0.377 e. The molecular weight excluding hydrogens is 334 g/mol. The van der Waals surface area contributed by atoms with Gasteiger partial charge in [0, 0.05) is 32.1 Å². The van der Waals surface area contributed by atoms with E-state index in [1.165, 1.54) is 0 Å². The topological polar surface area (TPSA) is 119 Å². The number of hydrogen-bond donors (Lipinski definition) is 2. The van der Waals surface area contributed by atoms with Crippen LogP contribution < -0.4 is 5.32 Å². The van der Waals surface area contributed by atoms with Crippen LogP contribution in [0.5, 0.6) is 0 Å². The average Bonchev–Trinajstić information content (AvgIpc) is 3.28. The summed E-state index contributed by atoms with van der Waals surface area (Å²) in [4.78, 5) is 17.5. The van der Waals surface area contributed by atoms with Gasteiger partial charge in [-0.1, -0.05) is 0 Å². The van der Waals surface area contributed by atoms with Gasteiger partial charge in [0.2, 0.25) is 0 Å².